The summed E-state index contributed by atoms with van der Waals surface area (Å²) in [4.78, 5) is 12.2. The second kappa shape index (κ2) is 3.55. The average molecular weight is 231 g/mol. The lowest BCUT2D eigenvalue weighted by Gasteiger charge is -2.18. The van der Waals surface area contributed by atoms with E-state index in [1.165, 1.54) is 16.2 Å². The van der Waals surface area contributed by atoms with Gasteiger partial charge in [-0.15, -0.1) is 11.3 Å². The molecule has 0 amide bonds. The van der Waals surface area contributed by atoms with Crippen molar-refractivity contribution in [2.45, 2.75) is 26.2 Å². The summed E-state index contributed by atoms with van der Waals surface area (Å²) in [5.74, 6) is -0.312. The van der Waals surface area contributed by atoms with Crippen molar-refractivity contribution in [2.24, 2.45) is 5.92 Å². The predicted octanol–water partition coefficient (Wildman–Crippen LogP) is 3.22. The Morgan fingerprint density at radius 1 is 1.64 bits per heavy atom. The molecule has 0 spiro atoms. The molecule has 14 heavy (non-hydrogen) atoms. The van der Waals surface area contributed by atoms with E-state index in [0.717, 1.165) is 24.8 Å². The molecule has 0 aromatic carbocycles. The third-order valence-corrected chi connectivity index (χ3v) is 4.18. The lowest BCUT2D eigenvalue weighted by molar-refractivity contribution is 0.0696. The second-order valence-electron chi connectivity index (χ2n) is 3.81. The van der Waals surface area contributed by atoms with Crippen LogP contribution >= 0.6 is 22.9 Å². The fraction of sp³-hybridized carbons (Fsp3) is 0.500. The number of carboxylic acids is 1. The van der Waals surface area contributed by atoms with Gasteiger partial charge < -0.3 is 5.11 Å². The highest BCUT2D eigenvalue weighted by Crippen LogP contribution is 2.38. The first-order valence-electron chi connectivity index (χ1n) is 4.63. The van der Waals surface area contributed by atoms with Crippen molar-refractivity contribution < 1.29 is 9.90 Å². The van der Waals surface area contributed by atoms with E-state index in [1.807, 2.05) is 0 Å². The summed E-state index contributed by atoms with van der Waals surface area (Å²) < 4.78 is 0.441. The minimum atomic E-state index is -0.887. The van der Waals surface area contributed by atoms with Gasteiger partial charge in [0.15, 0.2) is 0 Å². The summed E-state index contributed by atoms with van der Waals surface area (Å²) in [6, 6.07) is 0. The number of halogens is 1. The summed E-state index contributed by atoms with van der Waals surface area (Å²) in [7, 11) is 0. The zero-order chi connectivity index (χ0) is 10.3. The van der Waals surface area contributed by atoms with Gasteiger partial charge in [0.1, 0.15) is 4.34 Å². The third kappa shape index (κ3) is 1.55. The van der Waals surface area contributed by atoms with Crippen LogP contribution in [0.3, 0.4) is 0 Å². The van der Waals surface area contributed by atoms with Gasteiger partial charge in [-0.05, 0) is 30.7 Å². The highest BCUT2D eigenvalue weighted by molar-refractivity contribution is 7.16. The number of carbonyl (C=O) groups is 1. The van der Waals surface area contributed by atoms with Crippen molar-refractivity contribution in [1.29, 1.82) is 0 Å². The van der Waals surface area contributed by atoms with Gasteiger partial charge in [0, 0.05) is 4.88 Å². The van der Waals surface area contributed by atoms with Crippen molar-refractivity contribution in [1.82, 2.24) is 0 Å². The van der Waals surface area contributed by atoms with Gasteiger partial charge >= 0.3 is 5.97 Å². The molecular weight excluding hydrogens is 220 g/mol. The van der Waals surface area contributed by atoms with E-state index >= 15 is 0 Å². The Labute approximate surface area is 91.5 Å². The largest absolute Gasteiger partial charge is 0.478 e. The average Bonchev–Trinajstić information content (AvgIpc) is 2.40. The molecule has 1 atom stereocenters. The van der Waals surface area contributed by atoms with Gasteiger partial charge in [-0.1, -0.05) is 18.5 Å². The molecule has 0 aliphatic heterocycles. The maximum absolute atomic E-state index is 11.0. The molecule has 2 nitrogen and oxygen atoms in total. The van der Waals surface area contributed by atoms with Gasteiger partial charge in [-0.2, -0.15) is 0 Å². The Morgan fingerprint density at radius 2 is 2.36 bits per heavy atom. The van der Waals surface area contributed by atoms with Crippen molar-refractivity contribution in [3.8, 4) is 0 Å². The Morgan fingerprint density at radius 3 is 3.00 bits per heavy atom. The molecule has 1 unspecified atom stereocenters. The third-order valence-electron chi connectivity index (χ3n) is 2.68. The molecule has 1 aliphatic carbocycles. The molecule has 0 saturated heterocycles. The zero-order valence-electron chi connectivity index (χ0n) is 7.84. The van der Waals surface area contributed by atoms with Crippen molar-refractivity contribution in [3.05, 3.63) is 20.3 Å². The minimum absolute atomic E-state index is 0.346. The molecule has 1 aromatic heterocycles. The van der Waals surface area contributed by atoms with E-state index in [0.29, 0.717) is 15.8 Å². The van der Waals surface area contributed by atoms with Crippen LogP contribution in [-0.2, 0) is 12.8 Å². The Hall–Kier alpha value is -0.540. The zero-order valence-corrected chi connectivity index (χ0v) is 9.41. The second-order valence-corrected chi connectivity index (χ2v) is 5.51. The minimum Gasteiger partial charge on any atom is -0.478 e. The van der Waals surface area contributed by atoms with Crippen molar-refractivity contribution in [3.63, 3.8) is 0 Å². The smallest absolute Gasteiger partial charge is 0.338 e. The fourth-order valence-corrected chi connectivity index (χ4v) is 3.47. The van der Waals surface area contributed by atoms with Crippen LogP contribution in [0.5, 0.6) is 0 Å². The first-order valence-corrected chi connectivity index (χ1v) is 5.82. The molecule has 0 radical (unpaired) electrons. The van der Waals surface area contributed by atoms with Crippen LogP contribution in [0.1, 0.15) is 34.1 Å². The number of aromatic carboxylic acids is 1. The van der Waals surface area contributed by atoms with E-state index in [-0.39, 0.29) is 0 Å². The van der Waals surface area contributed by atoms with E-state index in [9.17, 15) is 4.79 Å². The van der Waals surface area contributed by atoms with Crippen LogP contribution in [0.4, 0.5) is 0 Å². The monoisotopic (exact) mass is 230 g/mol. The van der Waals surface area contributed by atoms with Crippen LogP contribution in [0.25, 0.3) is 0 Å². The standard InChI is InChI=1S/C10H11ClO2S/c1-5-2-3-7-6(4-5)8(10(12)13)9(11)14-7/h5H,2-4H2,1H3,(H,12,13). The highest BCUT2D eigenvalue weighted by atomic mass is 35.5. The molecule has 0 bridgehead atoms. The Bertz CT molecular complexity index is 384. The molecule has 76 valence electrons. The lowest BCUT2D eigenvalue weighted by Crippen LogP contribution is -2.12. The van der Waals surface area contributed by atoms with Crippen molar-refractivity contribution in [2.75, 3.05) is 0 Å². The summed E-state index contributed by atoms with van der Waals surface area (Å²) in [5.41, 5.74) is 1.32. The summed E-state index contributed by atoms with van der Waals surface area (Å²) in [6.45, 7) is 2.15. The van der Waals surface area contributed by atoms with Crippen molar-refractivity contribution >= 4 is 28.9 Å². The number of hydrogen-bond donors (Lipinski definition) is 1. The van der Waals surface area contributed by atoms with Crippen LogP contribution in [0.15, 0.2) is 0 Å². The molecular formula is C10H11ClO2S. The summed E-state index contributed by atoms with van der Waals surface area (Å²) in [5, 5.41) is 9.02. The van der Waals surface area contributed by atoms with Gasteiger partial charge in [0.2, 0.25) is 0 Å². The quantitative estimate of drug-likeness (QED) is 0.804. The molecule has 0 fully saturated rings. The lowest BCUT2D eigenvalue weighted by atomic mass is 9.88. The van der Waals surface area contributed by atoms with Gasteiger partial charge in [0.25, 0.3) is 0 Å². The molecule has 1 aromatic rings. The first kappa shape index (κ1) is 9.99. The normalized spacial score (nSPS) is 20.6. The molecule has 4 heteroatoms. The number of aryl methyl sites for hydroxylation is 1. The van der Waals surface area contributed by atoms with E-state index in [1.54, 1.807) is 0 Å². The van der Waals surface area contributed by atoms with Crippen LogP contribution in [0.2, 0.25) is 4.34 Å². The molecule has 1 aliphatic rings. The topological polar surface area (TPSA) is 37.3 Å². The van der Waals surface area contributed by atoms with E-state index in [2.05, 4.69) is 6.92 Å². The highest BCUT2D eigenvalue weighted by Gasteiger charge is 2.26. The first-order chi connectivity index (χ1) is 6.59. The van der Waals surface area contributed by atoms with Gasteiger partial charge in [-0.25, -0.2) is 4.79 Å². The van der Waals surface area contributed by atoms with Gasteiger partial charge in [-0.3, -0.25) is 0 Å². The number of thiophene rings is 1. The summed E-state index contributed by atoms with van der Waals surface area (Å²) >= 11 is 7.35. The number of rotatable bonds is 1. The number of hydrogen-bond acceptors (Lipinski definition) is 2. The van der Waals surface area contributed by atoms with E-state index < -0.39 is 5.97 Å². The molecule has 1 heterocycles. The maximum atomic E-state index is 11.0. The predicted molar refractivity (Wildman–Crippen MR) is 57.5 cm³/mol. The molecule has 2 rings (SSSR count). The Balaban J connectivity index is 2.50. The maximum Gasteiger partial charge on any atom is 0.338 e. The number of fused-ring (bicyclic) bond motifs is 1. The Kier molecular flexibility index (Phi) is 2.54. The summed E-state index contributed by atoms with van der Waals surface area (Å²) in [6.07, 6.45) is 2.98. The number of carboxylic acid groups (broad SMARTS) is 1. The fourth-order valence-electron chi connectivity index (χ4n) is 1.94. The van der Waals surface area contributed by atoms with Crippen LogP contribution in [-0.4, -0.2) is 11.1 Å². The van der Waals surface area contributed by atoms with Gasteiger partial charge in [0.05, 0.1) is 5.56 Å². The van der Waals surface area contributed by atoms with E-state index in [4.69, 9.17) is 16.7 Å². The molecule has 1 N–H and O–H groups in total. The SMILES string of the molecule is CC1CCc2sc(Cl)c(C(=O)O)c2C1. The van der Waals surface area contributed by atoms with Crippen LogP contribution in [0, 0.1) is 5.92 Å². The van der Waals surface area contributed by atoms with Crippen LogP contribution < -0.4 is 0 Å². The molecule has 0 saturated carbocycles.